The van der Waals surface area contributed by atoms with E-state index >= 15 is 0 Å². The maximum absolute atomic E-state index is 13.1. The van der Waals surface area contributed by atoms with Crippen LogP contribution >= 0.6 is 11.6 Å². The van der Waals surface area contributed by atoms with Gasteiger partial charge in [0.15, 0.2) is 6.61 Å². The molecule has 0 radical (unpaired) electrons. The summed E-state index contributed by atoms with van der Waals surface area (Å²) in [5, 5.41) is 2.92. The number of hydrogen-bond acceptors (Lipinski definition) is 6. The molecule has 2 aromatic carbocycles. The Morgan fingerprint density at radius 2 is 1.84 bits per heavy atom. The molecular weight excluding hydrogens is 444 g/mol. The molecule has 1 amide bonds. The standard InChI is InChI=1S/C21H23ClN2O6S/c1-29-18-9-8-17(13-19(18)31(27,28)24-10-3-2-4-11-24)23-20(25)14-30-21(26)15-6-5-7-16(22)12-15/h5-9,12-13H,2-4,10-11,14H2,1H3,(H,23,25). The van der Waals surface area contributed by atoms with Gasteiger partial charge in [0.05, 0.1) is 12.7 Å². The summed E-state index contributed by atoms with van der Waals surface area (Å²) in [7, 11) is -2.38. The Bertz CT molecular complexity index is 1070. The second-order valence-electron chi connectivity index (χ2n) is 6.97. The first kappa shape index (κ1) is 23.1. The number of nitrogens with zero attached hydrogens (tertiary/aromatic N) is 1. The molecule has 31 heavy (non-hydrogen) atoms. The van der Waals surface area contributed by atoms with Crippen molar-refractivity contribution < 1.29 is 27.5 Å². The predicted octanol–water partition coefficient (Wildman–Crippen LogP) is 3.32. The number of hydrogen-bond donors (Lipinski definition) is 1. The van der Waals surface area contributed by atoms with E-state index in [4.69, 9.17) is 21.1 Å². The molecule has 1 aliphatic rings. The number of sulfonamides is 1. The molecular formula is C21H23ClN2O6S. The van der Waals surface area contributed by atoms with Crippen molar-refractivity contribution in [1.29, 1.82) is 0 Å². The van der Waals surface area contributed by atoms with Crippen molar-refractivity contribution >= 4 is 39.2 Å². The molecule has 1 fully saturated rings. The van der Waals surface area contributed by atoms with Crippen LogP contribution in [0.25, 0.3) is 0 Å². The van der Waals surface area contributed by atoms with Crippen LogP contribution in [0.4, 0.5) is 5.69 Å². The maximum Gasteiger partial charge on any atom is 0.338 e. The fourth-order valence-electron chi connectivity index (χ4n) is 3.23. The number of benzene rings is 2. The lowest BCUT2D eigenvalue weighted by Crippen LogP contribution is -2.35. The number of esters is 1. The van der Waals surface area contributed by atoms with Crippen LogP contribution in [0.1, 0.15) is 29.6 Å². The van der Waals surface area contributed by atoms with E-state index in [1.54, 1.807) is 12.1 Å². The molecule has 0 saturated carbocycles. The molecule has 3 rings (SSSR count). The molecule has 0 atom stereocenters. The fourth-order valence-corrected chi connectivity index (χ4v) is 5.12. The van der Waals surface area contributed by atoms with E-state index in [2.05, 4.69) is 5.32 Å². The van der Waals surface area contributed by atoms with Crippen LogP contribution in [0.5, 0.6) is 5.75 Å². The third-order valence-electron chi connectivity index (χ3n) is 4.77. The average molecular weight is 467 g/mol. The van der Waals surface area contributed by atoms with E-state index in [0.29, 0.717) is 18.1 Å². The Balaban J connectivity index is 1.69. The first-order valence-electron chi connectivity index (χ1n) is 9.72. The Morgan fingerprint density at radius 3 is 2.52 bits per heavy atom. The minimum absolute atomic E-state index is 0.0226. The lowest BCUT2D eigenvalue weighted by Gasteiger charge is -2.26. The van der Waals surface area contributed by atoms with E-state index < -0.39 is 28.5 Å². The van der Waals surface area contributed by atoms with Gasteiger partial charge in [-0.05, 0) is 49.2 Å². The zero-order valence-electron chi connectivity index (χ0n) is 17.0. The minimum atomic E-state index is -3.77. The van der Waals surface area contributed by atoms with Crippen molar-refractivity contribution in [2.24, 2.45) is 0 Å². The van der Waals surface area contributed by atoms with Crippen molar-refractivity contribution in [2.75, 3.05) is 32.1 Å². The fraction of sp³-hybridized carbons (Fsp3) is 0.333. The molecule has 166 valence electrons. The molecule has 0 bridgehead atoms. The van der Waals surface area contributed by atoms with Crippen molar-refractivity contribution in [3.05, 3.63) is 53.1 Å². The van der Waals surface area contributed by atoms with Crippen molar-refractivity contribution in [3.63, 3.8) is 0 Å². The highest BCUT2D eigenvalue weighted by Crippen LogP contribution is 2.31. The van der Waals surface area contributed by atoms with Gasteiger partial charge in [-0.2, -0.15) is 4.31 Å². The van der Waals surface area contributed by atoms with Crippen LogP contribution in [-0.2, 0) is 19.6 Å². The molecule has 0 aliphatic carbocycles. The average Bonchev–Trinajstić information content (AvgIpc) is 2.78. The van der Waals surface area contributed by atoms with Crippen molar-refractivity contribution in [1.82, 2.24) is 4.31 Å². The number of anilines is 1. The smallest absolute Gasteiger partial charge is 0.338 e. The van der Waals surface area contributed by atoms with E-state index in [9.17, 15) is 18.0 Å². The van der Waals surface area contributed by atoms with Gasteiger partial charge < -0.3 is 14.8 Å². The summed E-state index contributed by atoms with van der Waals surface area (Å²) in [5.41, 5.74) is 0.472. The molecule has 0 unspecified atom stereocenters. The number of piperidine rings is 1. The first-order chi connectivity index (χ1) is 14.8. The number of amides is 1. The van der Waals surface area contributed by atoms with Gasteiger partial charge in [-0.25, -0.2) is 13.2 Å². The summed E-state index contributed by atoms with van der Waals surface area (Å²) in [5.74, 6) is -1.11. The van der Waals surface area contributed by atoms with Crippen molar-refractivity contribution in [2.45, 2.75) is 24.2 Å². The Morgan fingerprint density at radius 1 is 1.10 bits per heavy atom. The number of carbonyl (C=O) groups excluding carboxylic acids is 2. The van der Waals surface area contributed by atoms with Gasteiger partial charge in [0.2, 0.25) is 10.0 Å². The number of carbonyl (C=O) groups is 2. The summed E-state index contributed by atoms with van der Waals surface area (Å²) >= 11 is 5.84. The summed E-state index contributed by atoms with van der Waals surface area (Å²) in [4.78, 5) is 24.2. The van der Waals surface area contributed by atoms with Gasteiger partial charge in [0, 0.05) is 23.8 Å². The van der Waals surface area contributed by atoms with Gasteiger partial charge in [-0.3, -0.25) is 4.79 Å². The van der Waals surface area contributed by atoms with Gasteiger partial charge >= 0.3 is 5.97 Å². The lowest BCUT2D eigenvalue weighted by molar-refractivity contribution is -0.119. The molecule has 8 nitrogen and oxygen atoms in total. The second-order valence-corrected chi connectivity index (χ2v) is 9.31. The molecule has 1 aliphatic heterocycles. The number of nitrogens with one attached hydrogen (secondary N) is 1. The van der Waals surface area contributed by atoms with Gasteiger partial charge in [-0.1, -0.05) is 24.1 Å². The van der Waals surface area contributed by atoms with Crippen LogP contribution in [-0.4, -0.2) is 51.4 Å². The highest BCUT2D eigenvalue weighted by atomic mass is 35.5. The highest BCUT2D eigenvalue weighted by Gasteiger charge is 2.29. The summed E-state index contributed by atoms with van der Waals surface area (Å²) < 4.78 is 37.8. The summed E-state index contributed by atoms with van der Waals surface area (Å²) in [6.07, 6.45) is 2.60. The van der Waals surface area contributed by atoms with E-state index in [-0.39, 0.29) is 21.9 Å². The third-order valence-corrected chi connectivity index (χ3v) is 6.93. The summed E-state index contributed by atoms with van der Waals surface area (Å²) in [6.45, 7) is 0.356. The molecule has 1 heterocycles. The van der Waals surface area contributed by atoms with E-state index in [1.807, 2.05) is 0 Å². The number of rotatable bonds is 7. The molecule has 0 spiro atoms. The number of methoxy groups -OCH3 is 1. The van der Waals surface area contributed by atoms with Crippen LogP contribution in [0.3, 0.4) is 0 Å². The molecule has 1 saturated heterocycles. The topological polar surface area (TPSA) is 102 Å². The van der Waals surface area contributed by atoms with Gasteiger partial charge in [0.25, 0.3) is 5.91 Å². The van der Waals surface area contributed by atoms with E-state index in [0.717, 1.165) is 19.3 Å². The third kappa shape index (κ3) is 5.75. The van der Waals surface area contributed by atoms with Crippen LogP contribution in [0, 0.1) is 0 Å². The van der Waals surface area contributed by atoms with Gasteiger partial charge in [-0.15, -0.1) is 0 Å². The predicted molar refractivity (Wildman–Crippen MR) is 116 cm³/mol. The van der Waals surface area contributed by atoms with Crippen LogP contribution in [0.15, 0.2) is 47.4 Å². The molecule has 10 heteroatoms. The Labute approximate surface area is 186 Å². The monoisotopic (exact) mass is 466 g/mol. The zero-order valence-corrected chi connectivity index (χ0v) is 18.5. The lowest BCUT2D eigenvalue weighted by atomic mass is 10.2. The number of ether oxygens (including phenoxy) is 2. The normalized spacial score (nSPS) is 14.6. The second kappa shape index (κ2) is 10.1. The maximum atomic E-state index is 13.1. The molecule has 2 aromatic rings. The van der Waals surface area contributed by atoms with E-state index in [1.165, 1.54) is 41.7 Å². The van der Waals surface area contributed by atoms with Gasteiger partial charge in [0.1, 0.15) is 10.6 Å². The largest absolute Gasteiger partial charge is 0.495 e. The number of halogens is 1. The Kier molecular flexibility index (Phi) is 7.53. The minimum Gasteiger partial charge on any atom is -0.495 e. The van der Waals surface area contributed by atoms with Crippen LogP contribution in [0.2, 0.25) is 5.02 Å². The van der Waals surface area contributed by atoms with Crippen LogP contribution < -0.4 is 10.1 Å². The molecule has 1 N–H and O–H groups in total. The molecule has 0 aromatic heterocycles. The zero-order chi connectivity index (χ0) is 22.4. The summed E-state index contributed by atoms with van der Waals surface area (Å²) in [6, 6.07) is 10.5. The first-order valence-corrected chi connectivity index (χ1v) is 11.5. The van der Waals surface area contributed by atoms with Crippen molar-refractivity contribution in [3.8, 4) is 5.75 Å². The SMILES string of the molecule is COc1ccc(NC(=O)COC(=O)c2cccc(Cl)c2)cc1S(=O)(=O)N1CCCCC1. The highest BCUT2D eigenvalue weighted by molar-refractivity contribution is 7.89. The quantitative estimate of drug-likeness (QED) is 0.628. The Hall–Kier alpha value is -2.62.